The molecule has 1 aliphatic rings. The van der Waals surface area contributed by atoms with Gasteiger partial charge in [0.1, 0.15) is 17.9 Å². The van der Waals surface area contributed by atoms with Gasteiger partial charge < -0.3 is 15.4 Å². The summed E-state index contributed by atoms with van der Waals surface area (Å²) in [5, 5.41) is 17.3. The fourth-order valence-electron chi connectivity index (χ4n) is 4.20. The van der Waals surface area contributed by atoms with Crippen LogP contribution < -0.4 is 10.6 Å². The first-order valence-electron chi connectivity index (χ1n) is 11.1. The van der Waals surface area contributed by atoms with Gasteiger partial charge in [0.25, 0.3) is 0 Å². The number of carbonyl (C=O) groups is 1. The molecule has 0 aromatic carbocycles. The second kappa shape index (κ2) is 8.76. The SMILES string of the molecule is CC(C)NC(=O)O[C@@H]1CC[C@H](c2cc(Nc3nc(-c4cnn(C)c4)cc4nccn34)n[nH]2)[C@H]1F. The first-order chi connectivity index (χ1) is 16.4. The van der Waals surface area contributed by atoms with Crippen LogP contribution in [0, 0.1) is 0 Å². The molecule has 0 aliphatic heterocycles. The molecule has 12 heteroatoms. The number of anilines is 2. The molecule has 5 rings (SSSR count). The molecule has 1 aliphatic carbocycles. The van der Waals surface area contributed by atoms with Crippen molar-refractivity contribution in [3.8, 4) is 11.3 Å². The molecule has 178 valence electrons. The quantitative estimate of drug-likeness (QED) is 0.397. The average molecular weight is 468 g/mol. The Balaban J connectivity index is 1.33. The van der Waals surface area contributed by atoms with Crippen molar-refractivity contribution in [3.63, 3.8) is 0 Å². The van der Waals surface area contributed by atoms with E-state index in [1.807, 2.05) is 33.2 Å². The minimum Gasteiger partial charge on any atom is -0.443 e. The van der Waals surface area contributed by atoms with Crippen LogP contribution in [0.3, 0.4) is 0 Å². The standard InChI is InChI=1S/C22H26FN9O2/c1-12(2)26-22(33)34-17-5-4-14(20(17)23)16-8-18(30-29-16)28-21-27-15(13-10-25-31(3)11-13)9-19-24-6-7-32(19)21/h6-12,14,17,20H,4-5H2,1-3H3,(H,26,33)(H2,27,28,29,30)/t14-,17-,20-/m1/s1. The molecule has 3 atom stereocenters. The van der Waals surface area contributed by atoms with Gasteiger partial charge in [0.05, 0.1) is 11.9 Å². The summed E-state index contributed by atoms with van der Waals surface area (Å²) in [6.07, 6.45) is 5.38. The molecule has 0 unspecified atom stereocenters. The van der Waals surface area contributed by atoms with E-state index in [9.17, 15) is 4.79 Å². The summed E-state index contributed by atoms with van der Waals surface area (Å²) in [6.45, 7) is 3.65. The summed E-state index contributed by atoms with van der Waals surface area (Å²) in [6, 6.07) is 3.56. The van der Waals surface area contributed by atoms with E-state index in [1.165, 1.54) is 0 Å². The number of ether oxygens (including phenoxy) is 1. The lowest BCUT2D eigenvalue weighted by Gasteiger charge is -2.18. The van der Waals surface area contributed by atoms with Crippen LogP contribution in [0.4, 0.5) is 21.0 Å². The zero-order valence-electron chi connectivity index (χ0n) is 19.1. The lowest BCUT2D eigenvalue weighted by Crippen LogP contribution is -2.36. The van der Waals surface area contributed by atoms with Gasteiger partial charge in [-0.15, -0.1) is 0 Å². The monoisotopic (exact) mass is 467 g/mol. The summed E-state index contributed by atoms with van der Waals surface area (Å²) in [4.78, 5) is 21.0. The highest BCUT2D eigenvalue weighted by molar-refractivity contribution is 5.68. The number of rotatable bonds is 6. The lowest BCUT2D eigenvalue weighted by molar-refractivity contribution is 0.0555. The smallest absolute Gasteiger partial charge is 0.407 e. The number of nitrogens with one attached hydrogen (secondary N) is 3. The third-order valence-electron chi connectivity index (χ3n) is 5.79. The first kappa shape index (κ1) is 21.9. The Morgan fingerprint density at radius 1 is 1.32 bits per heavy atom. The fraction of sp³-hybridized carbons (Fsp3) is 0.409. The number of alkyl carbamates (subject to hydrolysis) is 1. The number of imidazole rings is 1. The van der Waals surface area contributed by atoms with Crippen molar-refractivity contribution in [2.24, 2.45) is 7.05 Å². The van der Waals surface area contributed by atoms with E-state index in [0.29, 0.717) is 41.6 Å². The van der Waals surface area contributed by atoms with Crippen LogP contribution in [0.1, 0.15) is 38.3 Å². The summed E-state index contributed by atoms with van der Waals surface area (Å²) in [5.41, 5.74) is 2.92. The van der Waals surface area contributed by atoms with Crippen LogP contribution in [-0.2, 0) is 11.8 Å². The minimum absolute atomic E-state index is 0.0729. The highest BCUT2D eigenvalue weighted by Gasteiger charge is 2.40. The van der Waals surface area contributed by atoms with Crippen LogP contribution in [0.15, 0.2) is 36.9 Å². The summed E-state index contributed by atoms with van der Waals surface area (Å²) in [5.74, 6) is 0.569. The van der Waals surface area contributed by atoms with Gasteiger partial charge in [-0.3, -0.25) is 14.2 Å². The first-order valence-corrected chi connectivity index (χ1v) is 11.1. The number of amides is 1. The molecular weight excluding hydrogens is 441 g/mol. The number of aromatic amines is 1. The van der Waals surface area contributed by atoms with E-state index < -0.39 is 24.3 Å². The van der Waals surface area contributed by atoms with Crippen LogP contribution in [0.2, 0.25) is 0 Å². The molecule has 4 heterocycles. The molecule has 1 amide bonds. The lowest BCUT2D eigenvalue weighted by atomic mass is 10.0. The van der Waals surface area contributed by atoms with E-state index in [2.05, 4.69) is 30.9 Å². The van der Waals surface area contributed by atoms with Crippen LogP contribution in [0.5, 0.6) is 0 Å². The maximum Gasteiger partial charge on any atom is 0.407 e. The van der Waals surface area contributed by atoms with Crippen molar-refractivity contribution >= 4 is 23.5 Å². The van der Waals surface area contributed by atoms with Crippen molar-refractivity contribution in [2.75, 3.05) is 5.32 Å². The number of carbonyl (C=O) groups excluding carboxylic acids is 1. The van der Waals surface area contributed by atoms with Gasteiger partial charge in [0.15, 0.2) is 5.82 Å². The molecule has 0 radical (unpaired) electrons. The molecule has 4 aromatic rings. The molecule has 1 saturated carbocycles. The molecule has 1 fully saturated rings. The number of aryl methyl sites for hydroxylation is 1. The van der Waals surface area contributed by atoms with Gasteiger partial charge in [0.2, 0.25) is 5.95 Å². The summed E-state index contributed by atoms with van der Waals surface area (Å²) in [7, 11) is 1.84. The van der Waals surface area contributed by atoms with E-state index in [0.717, 1.165) is 5.56 Å². The Bertz CT molecular complexity index is 1310. The van der Waals surface area contributed by atoms with E-state index in [-0.39, 0.29) is 6.04 Å². The predicted molar refractivity (Wildman–Crippen MR) is 122 cm³/mol. The van der Waals surface area contributed by atoms with Gasteiger partial charge in [-0.05, 0) is 26.7 Å². The van der Waals surface area contributed by atoms with Crippen LogP contribution in [0.25, 0.3) is 16.9 Å². The molecule has 0 saturated heterocycles. The Labute approximate surface area is 194 Å². The third-order valence-corrected chi connectivity index (χ3v) is 5.79. The second-order valence-corrected chi connectivity index (χ2v) is 8.73. The predicted octanol–water partition coefficient (Wildman–Crippen LogP) is 3.32. The molecule has 11 nitrogen and oxygen atoms in total. The van der Waals surface area contributed by atoms with Gasteiger partial charge in [-0.25, -0.2) is 19.2 Å². The average Bonchev–Trinajstić information content (AvgIpc) is 3.56. The highest BCUT2D eigenvalue weighted by atomic mass is 19.1. The number of fused-ring (bicyclic) bond motifs is 1. The van der Waals surface area contributed by atoms with Gasteiger partial charge in [-0.2, -0.15) is 10.2 Å². The van der Waals surface area contributed by atoms with Crippen molar-refractivity contribution in [1.29, 1.82) is 0 Å². The van der Waals surface area contributed by atoms with E-state index in [1.54, 1.807) is 33.7 Å². The molecule has 34 heavy (non-hydrogen) atoms. The van der Waals surface area contributed by atoms with Crippen molar-refractivity contribution < 1.29 is 13.9 Å². The maximum atomic E-state index is 15.1. The number of alkyl halides is 1. The number of nitrogens with zero attached hydrogens (tertiary/aromatic N) is 6. The van der Waals surface area contributed by atoms with Crippen molar-refractivity contribution in [2.45, 2.75) is 50.9 Å². The Kier molecular flexibility index (Phi) is 5.64. The van der Waals surface area contributed by atoms with Crippen molar-refractivity contribution in [1.82, 2.24) is 39.7 Å². The summed E-state index contributed by atoms with van der Waals surface area (Å²) >= 11 is 0. The fourth-order valence-corrected chi connectivity index (χ4v) is 4.20. The second-order valence-electron chi connectivity index (χ2n) is 8.73. The topological polar surface area (TPSA) is 127 Å². The molecular formula is C22H26FN9O2. The van der Waals surface area contributed by atoms with Crippen molar-refractivity contribution in [3.05, 3.63) is 42.6 Å². The van der Waals surface area contributed by atoms with Gasteiger partial charge >= 0.3 is 6.09 Å². The van der Waals surface area contributed by atoms with E-state index in [4.69, 9.17) is 9.72 Å². The molecule has 3 N–H and O–H groups in total. The number of hydrogen-bond donors (Lipinski definition) is 3. The number of halogens is 1. The highest BCUT2D eigenvalue weighted by Crippen LogP contribution is 2.38. The zero-order chi connectivity index (χ0) is 23.8. The number of hydrogen-bond acceptors (Lipinski definition) is 7. The molecule has 0 spiro atoms. The van der Waals surface area contributed by atoms with Crippen LogP contribution >= 0.6 is 0 Å². The third kappa shape index (κ3) is 4.30. The number of aromatic nitrogens is 7. The summed E-state index contributed by atoms with van der Waals surface area (Å²) < 4.78 is 23.9. The Hall–Kier alpha value is -3.96. The molecule has 4 aromatic heterocycles. The Morgan fingerprint density at radius 3 is 2.94 bits per heavy atom. The van der Waals surface area contributed by atoms with E-state index >= 15 is 4.39 Å². The largest absolute Gasteiger partial charge is 0.443 e. The normalized spacial score (nSPS) is 20.2. The van der Waals surface area contributed by atoms with Gasteiger partial charge in [0, 0.05) is 61.0 Å². The Morgan fingerprint density at radius 2 is 2.18 bits per heavy atom. The van der Waals surface area contributed by atoms with Gasteiger partial charge in [-0.1, -0.05) is 0 Å². The maximum absolute atomic E-state index is 15.1. The minimum atomic E-state index is -1.32. The molecule has 0 bridgehead atoms. The number of H-pyrrole nitrogens is 1. The van der Waals surface area contributed by atoms with Crippen LogP contribution in [-0.4, -0.2) is 58.8 Å². The zero-order valence-corrected chi connectivity index (χ0v) is 19.1.